The Morgan fingerprint density at radius 1 is 1.31 bits per heavy atom. The van der Waals surface area contributed by atoms with Crippen molar-refractivity contribution in [3.63, 3.8) is 0 Å². The lowest BCUT2D eigenvalue weighted by Crippen LogP contribution is -2.31. The minimum atomic E-state index is -2.52. The first kappa shape index (κ1) is 8.55. The highest BCUT2D eigenvalue weighted by molar-refractivity contribution is 4.99. The van der Waals surface area contributed by atoms with Gasteiger partial charge >= 0.3 is 0 Å². The Hall–Kier alpha value is -1.04. The van der Waals surface area contributed by atoms with Crippen molar-refractivity contribution in [1.82, 2.24) is 19.7 Å². The summed E-state index contributed by atoms with van der Waals surface area (Å²) in [5, 5.41) is 7.19. The molecule has 4 nitrogen and oxygen atoms in total. The summed E-state index contributed by atoms with van der Waals surface area (Å²) in [6.45, 7) is 1.92. The molecule has 13 heavy (non-hydrogen) atoms. The van der Waals surface area contributed by atoms with E-state index in [0.29, 0.717) is 18.9 Å². The van der Waals surface area contributed by atoms with E-state index in [9.17, 15) is 8.78 Å². The predicted molar refractivity (Wildman–Crippen MR) is 41.3 cm³/mol. The molecule has 0 N–H and O–H groups in total. The zero-order valence-corrected chi connectivity index (χ0v) is 7.24. The van der Waals surface area contributed by atoms with Crippen LogP contribution in [0.5, 0.6) is 0 Å². The maximum absolute atomic E-state index is 12.3. The van der Waals surface area contributed by atoms with E-state index in [1.807, 2.05) is 11.9 Å². The van der Waals surface area contributed by atoms with E-state index >= 15 is 0 Å². The van der Waals surface area contributed by atoms with Crippen molar-refractivity contribution >= 4 is 0 Å². The molecule has 0 amide bonds. The van der Waals surface area contributed by atoms with Crippen molar-refractivity contribution in [3.05, 3.63) is 11.6 Å². The number of hydrogen-bond acceptors (Lipinski definition) is 3. The lowest BCUT2D eigenvalue weighted by molar-refractivity contribution is 0.130. The topological polar surface area (TPSA) is 34.0 Å². The van der Waals surface area contributed by atoms with Gasteiger partial charge in [-0.25, -0.2) is 8.78 Å². The summed E-state index contributed by atoms with van der Waals surface area (Å²) in [5.74, 6) is 0.423. The molecule has 6 heteroatoms. The Bertz CT molecular complexity index is 309. The van der Waals surface area contributed by atoms with Gasteiger partial charge in [-0.2, -0.15) is 0 Å². The zero-order valence-electron chi connectivity index (χ0n) is 7.24. The second-order valence-electron chi connectivity index (χ2n) is 3.16. The molecular weight excluding hydrogens is 178 g/mol. The van der Waals surface area contributed by atoms with Gasteiger partial charge in [0.15, 0.2) is 5.82 Å². The van der Waals surface area contributed by atoms with Crippen LogP contribution in [0.2, 0.25) is 0 Å². The number of alkyl halides is 2. The van der Waals surface area contributed by atoms with Crippen LogP contribution in [0, 0.1) is 0 Å². The molecule has 0 aliphatic carbocycles. The summed E-state index contributed by atoms with van der Waals surface area (Å²) in [7, 11) is 1.93. The number of fused-ring (bicyclic) bond motifs is 1. The SMILES string of the molecule is CN1CCn2c(nnc2C(F)F)C1. The Morgan fingerprint density at radius 2 is 2.08 bits per heavy atom. The molecule has 0 aromatic carbocycles. The lowest BCUT2D eigenvalue weighted by atomic mass is 10.4. The third-order valence-electron chi connectivity index (χ3n) is 2.17. The normalized spacial score (nSPS) is 17.8. The molecule has 2 rings (SSSR count). The summed E-state index contributed by atoms with van der Waals surface area (Å²) in [5.41, 5.74) is 0. The van der Waals surface area contributed by atoms with Crippen LogP contribution in [0.15, 0.2) is 0 Å². The standard InChI is InChI=1S/C7H10F2N4/c1-12-2-3-13-5(4-12)10-11-7(13)6(8)9/h6H,2-4H2,1H3. The molecular formula is C7H10F2N4. The number of hydrogen-bond donors (Lipinski definition) is 0. The Morgan fingerprint density at radius 3 is 2.77 bits per heavy atom. The van der Waals surface area contributed by atoms with Gasteiger partial charge in [-0.05, 0) is 7.05 Å². The molecule has 0 fully saturated rings. The van der Waals surface area contributed by atoms with E-state index < -0.39 is 6.43 Å². The van der Waals surface area contributed by atoms with E-state index in [1.165, 1.54) is 4.57 Å². The summed E-state index contributed by atoms with van der Waals surface area (Å²) >= 11 is 0. The molecule has 0 atom stereocenters. The maximum atomic E-state index is 12.3. The highest BCUT2D eigenvalue weighted by Crippen LogP contribution is 2.19. The largest absolute Gasteiger partial charge is 0.308 e. The number of rotatable bonds is 1. The fourth-order valence-corrected chi connectivity index (χ4v) is 1.46. The fraction of sp³-hybridized carbons (Fsp3) is 0.714. The molecule has 2 heterocycles. The van der Waals surface area contributed by atoms with Crippen LogP contribution in [0.1, 0.15) is 18.1 Å². The molecule has 72 valence electrons. The van der Waals surface area contributed by atoms with Gasteiger partial charge in [0.2, 0.25) is 0 Å². The van der Waals surface area contributed by atoms with Crippen molar-refractivity contribution in [2.24, 2.45) is 0 Å². The smallest absolute Gasteiger partial charge is 0.297 e. The van der Waals surface area contributed by atoms with Gasteiger partial charge in [-0.1, -0.05) is 0 Å². The van der Waals surface area contributed by atoms with Crippen molar-refractivity contribution in [2.45, 2.75) is 19.5 Å². The number of aromatic nitrogens is 3. The molecule has 0 bridgehead atoms. The molecule has 1 aromatic rings. The minimum Gasteiger partial charge on any atom is -0.308 e. The van der Waals surface area contributed by atoms with Crippen molar-refractivity contribution in [2.75, 3.05) is 13.6 Å². The monoisotopic (exact) mass is 188 g/mol. The van der Waals surface area contributed by atoms with Gasteiger partial charge in [-0.15, -0.1) is 10.2 Å². The summed E-state index contributed by atoms with van der Waals surface area (Å²) in [6.07, 6.45) is -2.52. The van der Waals surface area contributed by atoms with Crippen LogP contribution >= 0.6 is 0 Å². The van der Waals surface area contributed by atoms with E-state index in [0.717, 1.165) is 6.54 Å². The summed E-state index contributed by atoms with van der Waals surface area (Å²) in [6, 6.07) is 0. The van der Waals surface area contributed by atoms with Crippen LogP contribution < -0.4 is 0 Å². The summed E-state index contributed by atoms with van der Waals surface area (Å²) < 4.78 is 26.2. The maximum Gasteiger partial charge on any atom is 0.297 e. The molecule has 1 aliphatic rings. The third-order valence-corrected chi connectivity index (χ3v) is 2.17. The second-order valence-corrected chi connectivity index (χ2v) is 3.16. The van der Waals surface area contributed by atoms with Crippen LogP contribution in [0.3, 0.4) is 0 Å². The molecule has 0 saturated carbocycles. The zero-order chi connectivity index (χ0) is 9.42. The Balaban J connectivity index is 2.33. The van der Waals surface area contributed by atoms with Crippen molar-refractivity contribution in [3.8, 4) is 0 Å². The average molecular weight is 188 g/mol. The van der Waals surface area contributed by atoms with Crippen LogP contribution in [0.4, 0.5) is 8.78 Å². The Kier molecular flexibility index (Phi) is 1.99. The Labute approximate surface area is 74.2 Å². The van der Waals surface area contributed by atoms with Crippen LogP contribution in [0.25, 0.3) is 0 Å². The van der Waals surface area contributed by atoms with Crippen molar-refractivity contribution in [1.29, 1.82) is 0 Å². The van der Waals surface area contributed by atoms with Gasteiger partial charge in [0.1, 0.15) is 5.82 Å². The molecule has 0 radical (unpaired) electrons. The number of likely N-dealkylation sites (N-methyl/N-ethyl adjacent to an activating group) is 1. The third kappa shape index (κ3) is 1.41. The second kappa shape index (κ2) is 3.02. The number of nitrogens with zero attached hydrogens (tertiary/aromatic N) is 4. The highest BCUT2D eigenvalue weighted by atomic mass is 19.3. The highest BCUT2D eigenvalue weighted by Gasteiger charge is 2.23. The van der Waals surface area contributed by atoms with Crippen molar-refractivity contribution < 1.29 is 8.78 Å². The molecule has 0 spiro atoms. The van der Waals surface area contributed by atoms with E-state index in [-0.39, 0.29) is 5.82 Å². The van der Waals surface area contributed by atoms with Gasteiger partial charge < -0.3 is 4.57 Å². The quantitative estimate of drug-likeness (QED) is 0.649. The van der Waals surface area contributed by atoms with Gasteiger partial charge in [0, 0.05) is 13.1 Å². The first-order valence-electron chi connectivity index (χ1n) is 4.07. The van der Waals surface area contributed by atoms with E-state index in [2.05, 4.69) is 10.2 Å². The van der Waals surface area contributed by atoms with Gasteiger partial charge in [0.25, 0.3) is 6.43 Å². The number of halogens is 2. The first-order valence-corrected chi connectivity index (χ1v) is 4.07. The van der Waals surface area contributed by atoms with Crippen LogP contribution in [-0.2, 0) is 13.1 Å². The van der Waals surface area contributed by atoms with Gasteiger partial charge in [-0.3, -0.25) is 4.90 Å². The lowest BCUT2D eigenvalue weighted by Gasteiger charge is -2.23. The van der Waals surface area contributed by atoms with Crippen LogP contribution in [-0.4, -0.2) is 33.3 Å². The van der Waals surface area contributed by atoms with E-state index in [1.54, 1.807) is 0 Å². The minimum absolute atomic E-state index is 0.205. The van der Waals surface area contributed by atoms with E-state index in [4.69, 9.17) is 0 Å². The first-order chi connectivity index (χ1) is 6.18. The summed E-state index contributed by atoms with van der Waals surface area (Å²) in [4.78, 5) is 2.03. The molecule has 1 aromatic heterocycles. The molecule has 0 unspecified atom stereocenters. The van der Waals surface area contributed by atoms with Gasteiger partial charge in [0.05, 0.1) is 6.54 Å². The molecule has 1 aliphatic heterocycles. The average Bonchev–Trinajstić information content (AvgIpc) is 2.46. The predicted octanol–water partition coefficient (Wildman–Crippen LogP) is 0.661. The fourth-order valence-electron chi connectivity index (χ4n) is 1.46. The molecule has 0 saturated heterocycles.